The van der Waals surface area contributed by atoms with E-state index in [1.807, 2.05) is 0 Å². The van der Waals surface area contributed by atoms with Gasteiger partial charge in [-0.3, -0.25) is 0 Å². The monoisotopic (exact) mass is 237 g/mol. The normalized spacial score (nSPS) is 15.9. The number of aromatic nitrogens is 1. The maximum atomic E-state index is 13.2. The molecule has 2 rings (SSSR count). The quantitative estimate of drug-likeness (QED) is 0.871. The van der Waals surface area contributed by atoms with Crippen LogP contribution in [0.15, 0.2) is 12.3 Å². The number of hydrogen-bond acceptors (Lipinski definition) is 3. The van der Waals surface area contributed by atoms with Crippen LogP contribution < -0.4 is 10.2 Å². The zero-order valence-corrected chi connectivity index (χ0v) is 10.5. The van der Waals surface area contributed by atoms with Crippen LogP contribution >= 0.6 is 0 Å². The van der Waals surface area contributed by atoms with Crippen LogP contribution in [0, 0.1) is 5.82 Å². The predicted molar refractivity (Wildman–Crippen MR) is 67.6 cm³/mol. The Morgan fingerprint density at radius 3 is 2.76 bits per heavy atom. The molecule has 0 bridgehead atoms. The van der Waals surface area contributed by atoms with Gasteiger partial charge in [0.05, 0.1) is 6.20 Å². The Bertz CT molecular complexity index is 373. The average molecular weight is 237 g/mol. The van der Waals surface area contributed by atoms with Crippen LogP contribution in [0.4, 0.5) is 10.2 Å². The molecular weight excluding hydrogens is 217 g/mol. The molecule has 17 heavy (non-hydrogen) atoms. The summed E-state index contributed by atoms with van der Waals surface area (Å²) >= 11 is 0. The summed E-state index contributed by atoms with van der Waals surface area (Å²) in [6, 6.07) is 1.99. The number of halogens is 1. The molecule has 0 unspecified atom stereocenters. The van der Waals surface area contributed by atoms with Crippen molar-refractivity contribution >= 4 is 5.82 Å². The molecule has 0 saturated carbocycles. The zero-order valence-electron chi connectivity index (χ0n) is 10.5. The average Bonchev–Trinajstić information content (AvgIpc) is 2.80. The lowest BCUT2D eigenvalue weighted by atomic mass is 10.2. The molecule has 4 heteroatoms. The first-order chi connectivity index (χ1) is 8.16. The first kappa shape index (κ1) is 12.3. The largest absolute Gasteiger partial charge is 0.356 e. The highest BCUT2D eigenvalue weighted by atomic mass is 19.1. The lowest BCUT2D eigenvalue weighted by Gasteiger charge is -2.20. The molecule has 0 spiro atoms. The molecule has 0 atom stereocenters. The van der Waals surface area contributed by atoms with Gasteiger partial charge in [-0.25, -0.2) is 9.37 Å². The molecule has 0 aliphatic carbocycles. The van der Waals surface area contributed by atoms with Gasteiger partial charge >= 0.3 is 0 Å². The highest BCUT2D eigenvalue weighted by Crippen LogP contribution is 2.22. The van der Waals surface area contributed by atoms with Crippen molar-refractivity contribution in [2.24, 2.45) is 0 Å². The van der Waals surface area contributed by atoms with Crippen LogP contribution in [0.2, 0.25) is 0 Å². The summed E-state index contributed by atoms with van der Waals surface area (Å²) in [6.07, 6.45) is 3.72. The predicted octanol–water partition coefficient (Wildman–Crippen LogP) is 2.32. The Labute approximate surface area is 102 Å². The smallest absolute Gasteiger partial charge is 0.141 e. The van der Waals surface area contributed by atoms with E-state index in [-0.39, 0.29) is 5.82 Å². The van der Waals surface area contributed by atoms with Crippen LogP contribution in [-0.2, 0) is 6.54 Å². The Morgan fingerprint density at radius 2 is 2.12 bits per heavy atom. The fourth-order valence-corrected chi connectivity index (χ4v) is 2.13. The van der Waals surface area contributed by atoms with Gasteiger partial charge in [-0.2, -0.15) is 0 Å². The van der Waals surface area contributed by atoms with E-state index >= 15 is 0 Å². The minimum Gasteiger partial charge on any atom is -0.356 e. The Morgan fingerprint density at radius 1 is 1.41 bits per heavy atom. The van der Waals surface area contributed by atoms with Gasteiger partial charge in [0.25, 0.3) is 0 Å². The molecule has 2 heterocycles. The topological polar surface area (TPSA) is 28.2 Å². The summed E-state index contributed by atoms with van der Waals surface area (Å²) in [5.74, 6) is 0.686. The molecule has 1 aromatic rings. The van der Waals surface area contributed by atoms with E-state index in [2.05, 4.69) is 29.0 Å². The van der Waals surface area contributed by atoms with E-state index in [0.29, 0.717) is 12.6 Å². The molecule has 3 nitrogen and oxygen atoms in total. The molecule has 1 N–H and O–H groups in total. The maximum Gasteiger partial charge on any atom is 0.141 e. The third-order valence-electron chi connectivity index (χ3n) is 3.02. The molecule has 1 aromatic heterocycles. The van der Waals surface area contributed by atoms with Gasteiger partial charge in [0, 0.05) is 31.2 Å². The second-order valence-electron chi connectivity index (χ2n) is 4.87. The Balaban J connectivity index is 2.17. The van der Waals surface area contributed by atoms with E-state index in [1.54, 1.807) is 6.07 Å². The minimum absolute atomic E-state index is 0.256. The summed E-state index contributed by atoms with van der Waals surface area (Å²) in [5, 5.41) is 3.32. The fourth-order valence-electron chi connectivity index (χ4n) is 2.13. The van der Waals surface area contributed by atoms with Crippen LogP contribution in [0.1, 0.15) is 32.3 Å². The molecule has 0 radical (unpaired) electrons. The Hall–Kier alpha value is -1.16. The van der Waals surface area contributed by atoms with E-state index < -0.39 is 0 Å². The maximum absolute atomic E-state index is 13.2. The van der Waals surface area contributed by atoms with Gasteiger partial charge < -0.3 is 10.2 Å². The van der Waals surface area contributed by atoms with Gasteiger partial charge in [-0.05, 0) is 18.9 Å². The van der Waals surface area contributed by atoms with Crippen LogP contribution in [0.25, 0.3) is 0 Å². The molecule has 0 aromatic carbocycles. The fraction of sp³-hybridized carbons (Fsp3) is 0.615. The third-order valence-corrected chi connectivity index (χ3v) is 3.02. The first-order valence-corrected chi connectivity index (χ1v) is 6.29. The highest BCUT2D eigenvalue weighted by Gasteiger charge is 2.17. The number of nitrogens with zero attached hydrogens (tertiary/aromatic N) is 2. The van der Waals surface area contributed by atoms with E-state index in [0.717, 1.165) is 24.5 Å². The molecule has 1 aliphatic heterocycles. The van der Waals surface area contributed by atoms with Gasteiger partial charge in [0.2, 0.25) is 0 Å². The third kappa shape index (κ3) is 3.16. The summed E-state index contributed by atoms with van der Waals surface area (Å²) in [6.45, 7) is 6.92. The van der Waals surface area contributed by atoms with Crippen molar-refractivity contribution < 1.29 is 4.39 Å². The van der Waals surface area contributed by atoms with E-state index in [1.165, 1.54) is 19.0 Å². The minimum atomic E-state index is -0.256. The van der Waals surface area contributed by atoms with Crippen LogP contribution in [0.3, 0.4) is 0 Å². The van der Waals surface area contributed by atoms with Crippen molar-refractivity contribution in [3.05, 3.63) is 23.6 Å². The number of anilines is 1. The molecule has 1 fully saturated rings. The van der Waals surface area contributed by atoms with Crippen molar-refractivity contribution in [2.75, 3.05) is 18.0 Å². The molecule has 94 valence electrons. The van der Waals surface area contributed by atoms with Gasteiger partial charge in [-0.15, -0.1) is 0 Å². The van der Waals surface area contributed by atoms with Crippen LogP contribution in [-0.4, -0.2) is 24.1 Å². The number of nitrogens with one attached hydrogen (secondary N) is 1. The molecular formula is C13H20FN3. The lowest BCUT2D eigenvalue weighted by molar-refractivity contribution is 0.577. The molecule has 1 aliphatic rings. The van der Waals surface area contributed by atoms with Crippen molar-refractivity contribution in [3.8, 4) is 0 Å². The summed E-state index contributed by atoms with van der Waals surface area (Å²) in [5.41, 5.74) is 0.959. The second-order valence-corrected chi connectivity index (χ2v) is 4.87. The summed E-state index contributed by atoms with van der Waals surface area (Å²) in [7, 11) is 0. The second kappa shape index (κ2) is 5.45. The number of rotatable bonds is 4. The van der Waals surface area contributed by atoms with Gasteiger partial charge in [0.1, 0.15) is 11.6 Å². The molecule has 1 saturated heterocycles. The van der Waals surface area contributed by atoms with Gasteiger partial charge in [-0.1, -0.05) is 13.8 Å². The van der Waals surface area contributed by atoms with E-state index in [9.17, 15) is 4.39 Å². The first-order valence-electron chi connectivity index (χ1n) is 6.29. The SMILES string of the molecule is CC(C)NCc1cc(F)cnc1N1CCCC1. The van der Waals surface area contributed by atoms with Crippen molar-refractivity contribution in [1.82, 2.24) is 10.3 Å². The van der Waals surface area contributed by atoms with Crippen molar-refractivity contribution in [2.45, 2.75) is 39.3 Å². The van der Waals surface area contributed by atoms with E-state index in [4.69, 9.17) is 0 Å². The number of pyridine rings is 1. The standard InChI is InChI=1S/C13H20FN3/c1-10(2)15-8-11-7-12(14)9-16-13(11)17-5-3-4-6-17/h7,9-10,15H,3-6,8H2,1-2H3. The summed E-state index contributed by atoms with van der Waals surface area (Å²) in [4.78, 5) is 6.50. The van der Waals surface area contributed by atoms with Crippen molar-refractivity contribution in [1.29, 1.82) is 0 Å². The van der Waals surface area contributed by atoms with Crippen LogP contribution in [0.5, 0.6) is 0 Å². The van der Waals surface area contributed by atoms with Gasteiger partial charge in [0.15, 0.2) is 0 Å². The Kier molecular flexibility index (Phi) is 3.94. The number of hydrogen-bond donors (Lipinski definition) is 1. The molecule has 0 amide bonds. The summed E-state index contributed by atoms with van der Waals surface area (Å²) < 4.78 is 13.2. The lowest BCUT2D eigenvalue weighted by Crippen LogP contribution is -2.26. The highest BCUT2D eigenvalue weighted by molar-refractivity contribution is 5.47. The van der Waals surface area contributed by atoms with Crippen molar-refractivity contribution in [3.63, 3.8) is 0 Å². The zero-order chi connectivity index (χ0) is 12.3.